The van der Waals surface area contributed by atoms with Crippen LogP contribution < -0.4 is 10.2 Å². The first-order valence-corrected chi connectivity index (χ1v) is 6.15. The number of piperidine rings is 1. The summed E-state index contributed by atoms with van der Waals surface area (Å²) >= 11 is 0. The highest BCUT2D eigenvalue weighted by molar-refractivity contribution is 5.87. The number of hydrogen-bond donors (Lipinski definition) is 1. The van der Waals surface area contributed by atoms with Gasteiger partial charge in [-0.2, -0.15) is 0 Å². The Morgan fingerprint density at radius 2 is 2.22 bits per heavy atom. The predicted molar refractivity (Wildman–Crippen MR) is 70.3 cm³/mol. The van der Waals surface area contributed by atoms with Gasteiger partial charge in [0.1, 0.15) is 12.1 Å². The van der Waals surface area contributed by atoms with Crippen molar-refractivity contribution < 1.29 is 4.79 Å². The van der Waals surface area contributed by atoms with Gasteiger partial charge in [0, 0.05) is 30.9 Å². The number of carbonyl (C=O) groups excluding carboxylic acids is 1. The molecule has 0 radical (unpaired) electrons. The van der Waals surface area contributed by atoms with Gasteiger partial charge in [0.25, 0.3) is 0 Å². The molecule has 1 aromatic heterocycles. The molecule has 0 spiro atoms. The molecule has 0 bridgehead atoms. The maximum atomic E-state index is 11.2. The second-order valence-electron chi connectivity index (χ2n) is 4.49. The molecule has 0 aliphatic carbocycles. The van der Waals surface area contributed by atoms with E-state index in [4.69, 9.17) is 0 Å². The van der Waals surface area contributed by atoms with Crippen molar-refractivity contribution in [3.05, 3.63) is 30.7 Å². The van der Waals surface area contributed by atoms with Gasteiger partial charge in [0.2, 0.25) is 5.91 Å². The third-order valence-electron chi connectivity index (χ3n) is 3.14. The van der Waals surface area contributed by atoms with E-state index in [2.05, 4.69) is 26.8 Å². The molecule has 1 aromatic rings. The number of carbonyl (C=O) groups is 1. The normalized spacial score (nSPS) is 16.4. The van der Waals surface area contributed by atoms with Crippen LogP contribution in [0.25, 0.3) is 0 Å². The Bertz CT molecular complexity index is 438. The molecule has 0 saturated carbocycles. The molecule has 1 amide bonds. The van der Waals surface area contributed by atoms with Crippen LogP contribution in [0.4, 0.5) is 5.82 Å². The zero-order chi connectivity index (χ0) is 13.0. The van der Waals surface area contributed by atoms with Crippen molar-refractivity contribution in [1.29, 1.82) is 0 Å². The summed E-state index contributed by atoms with van der Waals surface area (Å²) in [6, 6.07) is 2.23. The van der Waals surface area contributed by atoms with Crippen LogP contribution in [0, 0.1) is 6.92 Å². The first-order valence-electron chi connectivity index (χ1n) is 6.15. The summed E-state index contributed by atoms with van der Waals surface area (Å²) in [4.78, 5) is 21.8. The molecule has 1 fully saturated rings. The Morgan fingerprint density at radius 3 is 2.83 bits per heavy atom. The molecular formula is C13H18N4O. The molecule has 5 heteroatoms. The van der Waals surface area contributed by atoms with E-state index in [1.54, 1.807) is 6.33 Å². The SMILES string of the molecule is C=CC(=O)NC1CCN(c2cc(C)ncn2)CC1. The molecule has 1 aliphatic rings. The van der Waals surface area contributed by atoms with Crippen molar-refractivity contribution in [2.24, 2.45) is 0 Å². The van der Waals surface area contributed by atoms with Crippen molar-refractivity contribution in [2.45, 2.75) is 25.8 Å². The van der Waals surface area contributed by atoms with E-state index in [0.717, 1.165) is 37.4 Å². The summed E-state index contributed by atoms with van der Waals surface area (Å²) in [7, 11) is 0. The van der Waals surface area contributed by atoms with Crippen LogP contribution in [0.5, 0.6) is 0 Å². The van der Waals surface area contributed by atoms with Gasteiger partial charge in [0.05, 0.1) is 0 Å². The monoisotopic (exact) mass is 246 g/mol. The molecule has 2 rings (SSSR count). The molecule has 1 aliphatic heterocycles. The van der Waals surface area contributed by atoms with E-state index in [0.29, 0.717) is 0 Å². The quantitative estimate of drug-likeness (QED) is 0.810. The van der Waals surface area contributed by atoms with E-state index >= 15 is 0 Å². The largest absolute Gasteiger partial charge is 0.356 e. The zero-order valence-corrected chi connectivity index (χ0v) is 10.6. The van der Waals surface area contributed by atoms with Crippen LogP contribution in [0.2, 0.25) is 0 Å². The average Bonchev–Trinajstić information content (AvgIpc) is 2.39. The molecule has 0 aromatic carbocycles. The van der Waals surface area contributed by atoms with Crippen LogP contribution >= 0.6 is 0 Å². The van der Waals surface area contributed by atoms with Gasteiger partial charge in [-0.1, -0.05) is 6.58 Å². The lowest BCUT2D eigenvalue weighted by Gasteiger charge is -2.32. The molecule has 0 unspecified atom stereocenters. The van der Waals surface area contributed by atoms with Gasteiger partial charge in [-0.25, -0.2) is 9.97 Å². The van der Waals surface area contributed by atoms with Crippen LogP contribution in [0.15, 0.2) is 25.0 Å². The van der Waals surface area contributed by atoms with Crippen molar-refractivity contribution in [1.82, 2.24) is 15.3 Å². The number of anilines is 1. The van der Waals surface area contributed by atoms with Crippen LogP contribution in [-0.4, -0.2) is 35.0 Å². The summed E-state index contributed by atoms with van der Waals surface area (Å²) in [5.74, 6) is 0.877. The van der Waals surface area contributed by atoms with Crippen molar-refractivity contribution in [2.75, 3.05) is 18.0 Å². The predicted octanol–water partition coefficient (Wildman–Crippen LogP) is 1.06. The number of aryl methyl sites for hydroxylation is 1. The Kier molecular flexibility index (Phi) is 3.92. The lowest BCUT2D eigenvalue weighted by molar-refractivity contribution is -0.117. The Balaban J connectivity index is 1.90. The minimum atomic E-state index is -0.0914. The number of nitrogens with zero attached hydrogens (tertiary/aromatic N) is 3. The first kappa shape index (κ1) is 12.5. The number of amides is 1. The zero-order valence-electron chi connectivity index (χ0n) is 10.6. The molecular weight excluding hydrogens is 228 g/mol. The molecule has 1 saturated heterocycles. The maximum Gasteiger partial charge on any atom is 0.243 e. The molecule has 96 valence electrons. The van der Waals surface area contributed by atoms with Crippen molar-refractivity contribution in [3.63, 3.8) is 0 Å². The number of aromatic nitrogens is 2. The highest BCUT2D eigenvalue weighted by Gasteiger charge is 2.20. The van der Waals surface area contributed by atoms with Gasteiger partial charge in [-0.3, -0.25) is 4.79 Å². The second kappa shape index (κ2) is 5.62. The van der Waals surface area contributed by atoms with Gasteiger partial charge in [-0.05, 0) is 25.8 Å². The molecule has 18 heavy (non-hydrogen) atoms. The fraction of sp³-hybridized carbons (Fsp3) is 0.462. The summed E-state index contributed by atoms with van der Waals surface area (Å²) in [6.45, 7) is 7.22. The fourth-order valence-corrected chi connectivity index (χ4v) is 2.13. The van der Waals surface area contributed by atoms with Crippen LogP contribution in [0.1, 0.15) is 18.5 Å². The van der Waals surface area contributed by atoms with E-state index in [1.165, 1.54) is 6.08 Å². The number of hydrogen-bond acceptors (Lipinski definition) is 4. The molecule has 2 heterocycles. The lowest BCUT2D eigenvalue weighted by atomic mass is 10.0. The van der Waals surface area contributed by atoms with Crippen LogP contribution in [0.3, 0.4) is 0 Å². The third-order valence-corrected chi connectivity index (χ3v) is 3.14. The van der Waals surface area contributed by atoms with E-state index in [-0.39, 0.29) is 11.9 Å². The Labute approximate surface area is 107 Å². The number of nitrogens with one attached hydrogen (secondary N) is 1. The van der Waals surface area contributed by atoms with Gasteiger partial charge in [0.15, 0.2) is 0 Å². The Morgan fingerprint density at radius 1 is 1.50 bits per heavy atom. The van der Waals surface area contributed by atoms with Gasteiger partial charge in [-0.15, -0.1) is 0 Å². The highest BCUT2D eigenvalue weighted by atomic mass is 16.1. The van der Waals surface area contributed by atoms with Gasteiger partial charge >= 0.3 is 0 Å². The first-order chi connectivity index (χ1) is 8.69. The minimum absolute atomic E-state index is 0.0914. The minimum Gasteiger partial charge on any atom is -0.356 e. The third kappa shape index (κ3) is 3.06. The molecule has 0 atom stereocenters. The summed E-state index contributed by atoms with van der Waals surface area (Å²) < 4.78 is 0. The highest BCUT2D eigenvalue weighted by Crippen LogP contribution is 2.17. The van der Waals surface area contributed by atoms with Crippen LogP contribution in [-0.2, 0) is 4.79 Å². The smallest absolute Gasteiger partial charge is 0.243 e. The average molecular weight is 246 g/mol. The topological polar surface area (TPSA) is 58.1 Å². The summed E-state index contributed by atoms with van der Waals surface area (Å²) in [6.07, 6.45) is 4.78. The Hall–Kier alpha value is -1.91. The summed E-state index contributed by atoms with van der Waals surface area (Å²) in [5, 5.41) is 2.94. The molecule has 1 N–H and O–H groups in total. The lowest BCUT2D eigenvalue weighted by Crippen LogP contribution is -2.44. The van der Waals surface area contributed by atoms with Crippen molar-refractivity contribution in [3.8, 4) is 0 Å². The fourth-order valence-electron chi connectivity index (χ4n) is 2.13. The van der Waals surface area contributed by atoms with E-state index in [9.17, 15) is 4.79 Å². The second-order valence-corrected chi connectivity index (χ2v) is 4.49. The summed E-state index contributed by atoms with van der Waals surface area (Å²) in [5.41, 5.74) is 0.974. The van der Waals surface area contributed by atoms with Gasteiger partial charge < -0.3 is 10.2 Å². The maximum absolute atomic E-state index is 11.2. The number of rotatable bonds is 3. The standard InChI is InChI=1S/C13H18N4O/c1-3-13(18)16-11-4-6-17(7-5-11)12-8-10(2)14-9-15-12/h3,8-9,11H,1,4-7H2,2H3,(H,16,18). The van der Waals surface area contributed by atoms with E-state index < -0.39 is 0 Å². The van der Waals surface area contributed by atoms with Crippen molar-refractivity contribution >= 4 is 11.7 Å². The van der Waals surface area contributed by atoms with E-state index in [1.807, 2.05) is 13.0 Å². The molecule has 5 nitrogen and oxygen atoms in total.